The highest BCUT2D eigenvalue weighted by atomic mass is 16.5. The first-order valence-corrected chi connectivity index (χ1v) is 6.18. The number of nitrogens with one attached hydrogen (secondary N) is 1. The second-order valence-electron chi connectivity index (χ2n) is 4.65. The lowest BCUT2D eigenvalue weighted by Crippen LogP contribution is -2.46. The van der Waals surface area contributed by atoms with Crippen molar-refractivity contribution >= 4 is 11.0 Å². The Morgan fingerprint density at radius 1 is 1.39 bits per heavy atom. The predicted molar refractivity (Wildman–Crippen MR) is 68.9 cm³/mol. The fraction of sp³-hybridized carbons (Fsp3) is 0.429. The van der Waals surface area contributed by atoms with Crippen molar-refractivity contribution in [1.82, 2.24) is 5.32 Å². The molecule has 1 saturated heterocycles. The average Bonchev–Trinajstić information content (AvgIpc) is 2.77. The van der Waals surface area contributed by atoms with Crippen LogP contribution in [0.4, 0.5) is 0 Å². The largest absolute Gasteiger partial charge is 0.493 e. The van der Waals surface area contributed by atoms with Gasteiger partial charge in [-0.05, 0) is 19.1 Å². The summed E-state index contributed by atoms with van der Waals surface area (Å²) in [5, 5.41) is 4.54. The molecule has 2 aromatic rings. The fourth-order valence-corrected chi connectivity index (χ4v) is 2.20. The standard InChI is InChI=1S/C14H17NO3/c1-9(15-11-7-17-8-11)13-6-10-4-3-5-12(16-2)14(10)18-13/h3-6,9,11,15H,7-8H2,1-2H3. The summed E-state index contributed by atoms with van der Waals surface area (Å²) in [4.78, 5) is 0. The van der Waals surface area contributed by atoms with Crippen LogP contribution in [-0.2, 0) is 4.74 Å². The lowest BCUT2D eigenvalue weighted by molar-refractivity contribution is -0.0101. The van der Waals surface area contributed by atoms with Crippen molar-refractivity contribution < 1.29 is 13.9 Å². The number of rotatable bonds is 4. The number of hydrogen-bond donors (Lipinski definition) is 1. The first kappa shape index (κ1) is 11.6. The van der Waals surface area contributed by atoms with Crippen molar-refractivity contribution in [3.05, 3.63) is 30.0 Å². The molecule has 1 unspecified atom stereocenters. The molecule has 0 saturated carbocycles. The van der Waals surface area contributed by atoms with Gasteiger partial charge in [-0.15, -0.1) is 0 Å². The summed E-state index contributed by atoms with van der Waals surface area (Å²) in [5.41, 5.74) is 0.813. The molecular weight excluding hydrogens is 230 g/mol. The summed E-state index contributed by atoms with van der Waals surface area (Å²) in [6.07, 6.45) is 0. The zero-order valence-electron chi connectivity index (χ0n) is 10.6. The van der Waals surface area contributed by atoms with Crippen LogP contribution in [0.25, 0.3) is 11.0 Å². The van der Waals surface area contributed by atoms with E-state index >= 15 is 0 Å². The maximum atomic E-state index is 5.89. The van der Waals surface area contributed by atoms with E-state index in [2.05, 4.69) is 18.3 Å². The Morgan fingerprint density at radius 3 is 2.89 bits per heavy atom. The SMILES string of the molecule is COc1cccc2cc(C(C)NC3COC3)oc12. The Morgan fingerprint density at radius 2 is 2.22 bits per heavy atom. The average molecular weight is 247 g/mol. The number of fused-ring (bicyclic) bond motifs is 1. The summed E-state index contributed by atoms with van der Waals surface area (Å²) < 4.78 is 16.3. The maximum Gasteiger partial charge on any atom is 0.176 e. The minimum absolute atomic E-state index is 0.177. The van der Waals surface area contributed by atoms with Gasteiger partial charge in [0.05, 0.1) is 32.4 Å². The molecule has 0 radical (unpaired) electrons. The van der Waals surface area contributed by atoms with Crippen LogP contribution < -0.4 is 10.1 Å². The van der Waals surface area contributed by atoms with Gasteiger partial charge in [0.1, 0.15) is 5.76 Å². The van der Waals surface area contributed by atoms with Crippen LogP contribution in [0, 0.1) is 0 Å². The number of benzene rings is 1. The summed E-state index contributed by atoms with van der Waals surface area (Å²) in [6, 6.07) is 8.59. The molecule has 1 atom stereocenters. The molecule has 18 heavy (non-hydrogen) atoms. The maximum absolute atomic E-state index is 5.89. The topological polar surface area (TPSA) is 43.6 Å². The molecule has 1 aliphatic rings. The molecule has 1 fully saturated rings. The van der Waals surface area contributed by atoms with Crippen LogP contribution in [0.2, 0.25) is 0 Å². The molecular formula is C14H17NO3. The van der Waals surface area contributed by atoms with Gasteiger partial charge in [-0.1, -0.05) is 12.1 Å². The molecule has 4 heteroatoms. The zero-order valence-corrected chi connectivity index (χ0v) is 10.6. The van der Waals surface area contributed by atoms with E-state index in [0.29, 0.717) is 6.04 Å². The first-order valence-electron chi connectivity index (χ1n) is 6.18. The van der Waals surface area contributed by atoms with Crippen molar-refractivity contribution in [3.8, 4) is 5.75 Å². The normalized spacial score (nSPS) is 17.7. The molecule has 0 amide bonds. The Bertz CT molecular complexity index is 545. The van der Waals surface area contributed by atoms with E-state index in [0.717, 1.165) is 35.7 Å². The van der Waals surface area contributed by atoms with Crippen LogP contribution in [0.1, 0.15) is 18.7 Å². The number of furan rings is 1. The number of para-hydroxylation sites is 1. The Hall–Kier alpha value is -1.52. The molecule has 0 spiro atoms. The van der Waals surface area contributed by atoms with E-state index in [1.165, 1.54) is 0 Å². The highest BCUT2D eigenvalue weighted by Crippen LogP contribution is 2.31. The monoisotopic (exact) mass is 247 g/mol. The van der Waals surface area contributed by atoms with Crippen molar-refractivity contribution in [3.63, 3.8) is 0 Å². The second-order valence-corrected chi connectivity index (χ2v) is 4.65. The van der Waals surface area contributed by atoms with E-state index in [1.807, 2.05) is 18.2 Å². The molecule has 1 aromatic heterocycles. The van der Waals surface area contributed by atoms with Gasteiger partial charge in [-0.25, -0.2) is 0 Å². The van der Waals surface area contributed by atoms with E-state index in [4.69, 9.17) is 13.9 Å². The molecule has 96 valence electrons. The summed E-state index contributed by atoms with van der Waals surface area (Å²) in [6.45, 7) is 3.67. The van der Waals surface area contributed by atoms with E-state index in [-0.39, 0.29) is 6.04 Å². The van der Waals surface area contributed by atoms with Gasteiger partial charge in [0, 0.05) is 5.39 Å². The summed E-state index contributed by atoms with van der Waals surface area (Å²) >= 11 is 0. The molecule has 0 aliphatic carbocycles. The quantitative estimate of drug-likeness (QED) is 0.901. The predicted octanol–water partition coefficient (Wildman–Crippen LogP) is 2.49. The fourth-order valence-electron chi connectivity index (χ4n) is 2.20. The third kappa shape index (κ3) is 1.98. The molecule has 1 N–H and O–H groups in total. The van der Waals surface area contributed by atoms with E-state index in [1.54, 1.807) is 7.11 Å². The van der Waals surface area contributed by atoms with E-state index < -0.39 is 0 Å². The Balaban J connectivity index is 1.87. The van der Waals surface area contributed by atoms with Crippen molar-refractivity contribution in [2.45, 2.75) is 19.0 Å². The summed E-state index contributed by atoms with van der Waals surface area (Å²) in [5.74, 6) is 1.71. The lowest BCUT2D eigenvalue weighted by Gasteiger charge is -2.29. The molecule has 0 bridgehead atoms. The summed E-state index contributed by atoms with van der Waals surface area (Å²) in [7, 11) is 1.66. The molecule has 1 aromatic carbocycles. The molecule has 1 aliphatic heterocycles. The van der Waals surface area contributed by atoms with Gasteiger partial charge in [-0.2, -0.15) is 0 Å². The van der Waals surface area contributed by atoms with Crippen molar-refractivity contribution in [2.75, 3.05) is 20.3 Å². The first-order chi connectivity index (χ1) is 8.78. The van der Waals surface area contributed by atoms with Gasteiger partial charge in [0.25, 0.3) is 0 Å². The molecule has 3 rings (SSSR count). The second kappa shape index (κ2) is 4.63. The van der Waals surface area contributed by atoms with Crippen LogP contribution in [0.15, 0.2) is 28.7 Å². The third-order valence-corrected chi connectivity index (χ3v) is 3.30. The highest BCUT2D eigenvalue weighted by molar-refractivity contribution is 5.83. The Kier molecular flexibility index (Phi) is 2.97. The Labute approximate surface area is 106 Å². The van der Waals surface area contributed by atoms with Gasteiger partial charge < -0.3 is 19.2 Å². The number of hydrogen-bond acceptors (Lipinski definition) is 4. The third-order valence-electron chi connectivity index (χ3n) is 3.30. The van der Waals surface area contributed by atoms with Crippen molar-refractivity contribution in [1.29, 1.82) is 0 Å². The van der Waals surface area contributed by atoms with Crippen LogP contribution in [-0.4, -0.2) is 26.4 Å². The highest BCUT2D eigenvalue weighted by Gasteiger charge is 2.22. The lowest BCUT2D eigenvalue weighted by atomic mass is 10.1. The minimum Gasteiger partial charge on any atom is -0.493 e. The number of ether oxygens (including phenoxy) is 2. The van der Waals surface area contributed by atoms with Gasteiger partial charge in [-0.3, -0.25) is 0 Å². The molecule has 2 heterocycles. The smallest absolute Gasteiger partial charge is 0.176 e. The minimum atomic E-state index is 0.177. The van der Waals surface area contributed by atoms with Gasteiger partial charge >= 0.3 is 0 Å². The van der Waals surface area contributed by atoms with Crippen LogP contribution in [0.5, 0.6) is 5.75 Å². The zero-order chi connectivity index (χ0) is 12.5. The van der Waals surface area contributed by atoms with E-state index in [9.17, 15) is 0 Å². The number of methoxy groups -OCH3 is 1. The van der Waals surface area contributed by atoms with Crippen LogP contribution >= 0.6 is 0 Å². The van der Waals surface area contributed by atoms with Crippen molar-refractivity contribution in [2.24, 2.45) is 0 Å². The van der Waals surface area contributed by atoms with Gasteiger partial charge in [0.2, 0.25) is 0 Å². The molecule has 4 nitrogen and oxygen atoms in total. The van der Waals surface area contributed by atoms with Gasteiger partial charge in [0.15, 0.2) is 11.3 Å². The van der Waals surface area contributed by atoms with Crippen LogP contribution in [0.3, 0.4) is 0 Å².